The summed E-state index contributed by atoms with van der Waals surface area (Å²) in [5, 5.41) is 8.64. The van der Waals surface area contributed by atoms with E-state index in [1.54, 1.807) is 12.1 Å². The van der Waals surface area contributed by atoms with Crippen LogP contribution in [0.25, 0.3) is 11.4 Å². The maximum absolute atomic E-state index is 12.9. The third-order valence-electron chi connectivity index (χ3n) is 7.91. The van der Waals surface area contributed by atoms with Crippen molar-refractivity contribution in [2.24, 2.45) is 0 Å². The number of aromatic nitrogens is 4. The molecule has 2 N–H and O–H groups in total. The van der Waals surface area contributed by atoms with Crippen molar-refractivity contribution >= 4 is 54.9 Å². The van der Waals surface area contributed by atoms with Gasteiger partial charge in [-0.25, -0.2) is 21.8 Å². The number of hydrogen-bond acceptors (Lipinski definition) is 11. The van der Waals surface area contributed by atoms with Crippen LogP contribution < -0.4 is 10.6 Å². The van der Waals surface area contributed by atoms with E-state index in [9.17, 15) is 52.8 Å². The Hall–Kier alpha value is -5.41. The van der Waals surface area contributed by atoms with Gasteiger partial charge < -0.3 is 9.84 Å². The van der Waals surface area contributed by atoms with Gasteiger partial charge in [-0.15, -0.1) is 0 Å². The fourth-order valence-electron chi connectivity index (χ4n) is 4.28. The minimum absolute atomic E-state index is 0.0115. The summed E-state index contributed by atoms with van der Waals surface area (Å²) < 4.78 is 127. The predicted octanol–water partition coefficient (Wildman–Crippen LogP) is 7.29. The molecule has 22 heteroatoms. The van der Waals surface area contributed by atoms with E-state index in [-0.39, 0.29) is 22.6 Å². The molecule has 2 aromatic carbocycles. The molecule has 0 spiro atoms. The molecule has 298 valence electrons. The van der Waals surface area contributed by atoms with Crippen LogP contribution in [0.4, 0.5) is 38.2 Å². The summed E-state index contributed by atoms with van der Waals surface area (Å²) in [5.41, 5.74) is -1.68. The molecule has 0 bridgehead atoms. The molecule has 56 heavy (non-hydrogen) atoms. The molecule has 0 saturated heterocycles. The topological polar surface area (TPSA) is 191 Å². The highest BCUT2D eigenvalue weighted by molar-refractivity contribution is 7.94. The highest BCUT2D eigenvalue weighted by atomic mass is 35.5. The molecule has 0 unspecified atom stereocenters. The van der Waals surface area contributed by atoms with Crippen LogP contribution in [0.5, 0.6) is 0 Å². The van der Waals surface area contributed by atoms with Crippen LogP contribution in [-0.4, -0.2) is 58.3 Å². The molecule has 5 aromatic rings. The molecule has 0 fully saturated rings. The smallest absolute Gasteiger partial charge is 0.315 e. The van der Waals surface area contributed by atoms with Crippen LogP contribution in [0.3, 0.4) is 0 Å². The summed E-state index contributed by atoms with van der Waals surface area (Å²) in [5.74, 6) is -1.99. The first-order chi connectivity index (χ1) is 25.8. The van der Waals surface area contributed by atoms with Crippen molar-refractivity contribution in [3.8, 4) is 11.4 Å². The largest absolute Gasteiger partial charge is 0.433 e. The van der Waals surface area contributed by atoms with Gasteiger partial charge in [-0.3, -0.25) is 19.9 Å². The monoisotopic (exact) mass is 846 g/mol. The first kappa shape index (κ1) is 43.3. The summed E-state index contributed by atoms with van der Waals surface area (Å²) in [4.78, 5) is 34.9. The highest BCUT2D eigenvalue weighted by Gasteiger charge is 2.45. The van der Waals surface area contributed by atoms with Gasteiger partial charge in [0.15, 0.2) is 19.7 Å². The molecule has 0 aliphatic rings. The highest BCUT2D eigenvalue weighted by Crippen LogP contribution is 2.32. The SMILES string of the molecule is CC(C)(C(=O)Nc1ccc(C(F)(F)F)cn1)S(=O)(=O)c1ccc(C(F)(F)F)nc1.CC(C)(C(=O)Nc1nc(-c2ccccc2)no1)S(=O)(=O)c1ccc(Cl)cc1. The first-order valence-corrected chi connectivity index (χ1v) is 19.0. The molecule has 3 aromatic heterocycles. The number of halogens is 7. The molecular formula is C34H29ClF6N6O7S2. The number of nitrogens with zero attached hydrogens (tertiary/aromatic N) is 4. The Morgan fingerprint density at radius 1 is 0.661 bits per heavy atom. The van der Waals surface area contributed by atoms with Gasteiger partial charge in [0.25, 0.3) is 0 Å². The summed E-state index contributed by atoms with van der Waals surface area (Å²) in [7, 11) is -8.48. The van der Waals surface area contributed by atoms with Crippen molar-refractivity contribution in [3.05, 3.63) is 108 Å². The van der Waals surface area contributed by atoms with Gasteiger partial charge in [0, 0.05) is 23.0 Å². The van der Waals surface area contributed by atoms with Crippen molar-refractivity contribution in [2.45, 2.75) is 59.3 Å². The van der Waals surface area contributed by atoms with Gasteiger partial charge in [-0.05, 0) is 76.2 Å². The molecule has 5 rings (SSSR count). The van der Waals surface area contributed by atoms with Crippen molar-refractivity contribution in [1.29, 1.82) is 0 Å². The minimum Gasteiger partial charge on any atom is -0.315 e. The summed E-state index contributed by atoms with van der Waals surface area (Å²) >= 11 is 5.80. The molecule has 0 radical (unpaired) electrons. The number of sulfone groups is 2. The zero-order valence-corrected chi connectivity index (χ0v) is 31.7. The van der Waals surface area contributed by atoms with Gasteiger partial charge in [0.1, 0.15) is 21.0 Å². The number of pyridine rings is 2. The molecule has 3 heterocycles. The molecule has 0 saturated carbocycles. The van der Waals surface area contributed by atoms with Crippen molar-refractivity contribution < 1.29 is 57.3 Å². The fourth-order valence-corrected chi connectivity index (χ4v) is 7.11. The number of alkyl halides is 6. The van der Waals surface area contributed by atoms with E-state index >= 15 is 0 Å². The number of nitrogens with one attached hydrogen (secondary N) is 2. The Kier molecular flexibility index (Phi) is 12.4. The third-order valence-corrected chi connectivity index (χ3v) is 13.0. The molecule has 0 atom stereocenters. The Morgan fingerprint density at radius 3 is 1.71 bits per heavy atom. The van der Waals surface area contributed by atoms with E-state index < -0.39 is 69.5 Å². The zero-order valence-electron chi connectivity index (χ0n) is 29.3. The van der Waals surface area contributed by atoms with Gasteiger partial charge in [-0.1, -0.05) is 47.1 Å². The van der Waals surface area contributed by atoms with E-state index in [0.717, 1.165) is 19.9 Å². The van der Waals surface area contributed by atoms with Crippen LogP contribution in [0, 0.1) is 0 Å². The maximum Gasteiger partial charge on any atom is 0.433 e. The van der Waals surface area contributed by atoms with Crippen LogP contribution in [0.15, 0.2) is 106 Å². The molecule has 2 amide bonds. The van der Waals surface area contributed by atoms with E-state index in [1.807, 2.05) is 18.2 Å². The second-order valence-corrected chi connectivity index (χ2v) is 17.9. The van der Waals surface area contributed by atoms with E-state index in [1.165, 1.54) is 38.1 Å². The standard InChI is InChI=1S/C18H16ClN3O4S.C16H13F6N3O3S/c1-18(2,27(24,25)14-10-8-13(19)9-11-14)16(23)21-17-20-15(22-26-17)12-6-4-3-5-7-12;1-14(2,13(26)25-12-6-3-9(7-24-12)15(17,18)19)29(27,28)10-4-5-11(23-8-10)16(20,21)22/h3-11H,1-2H3,(H,20,21,22,23);3-8H,1-2H3,(H,24,25,26). The lowest BCUT2D eigenvalue weighted by Crippen LogP contribution is -2.44. The van der Waals surface area contributed by atoms with E-state index in [0.29, 0.717) is 41.2 Å². The summed E-state index contributed by atoms with van der Waals surface area (Å²) in [6, 6.07) is 17.1. The van der Waals surface area contributed by atoms with Crippen LogP contribution in [0.1, 0.15) is 39.0 Å². The van der Waals surface area contributed by atoms with Gasteiger partial charge in [-0.2, -0.15) is 31.3 Å². The maximum atomic E-state index is 12.9. The van der Waals surface area contributed by atoms with E-state index in [4.69, 9.17) is 16.1 Å². The number of carbonyl (C=O) groups excluding carboxylic acids is 2. The lowest BCUT2D eigenvalue weighted by atomic mass is 10.2. The van der Waals surface area contributed by atoms with Crippen LogP contribution >= 0.6 is 11.6 Å². The van der Waals surface area contributed by atoms with Gasteiger partial charge in [0.05, 0.1) is 15.4 Å². The van der Waals surface area contributed by atoms with Crippen molar-refractivity contribution in [2.75, 3.05) is 10.6 Å². The number of carbonyl (C=O) groups is 2. The Morgan fingerprint density at radius 2 is 1.21 bits per heavy atom. The average molecular weight is 847 g/mol. The molecular weight excluding hydrogens is 818 g/mol. The Balaban J connectivity index is 0.000000249. The lowest BCUT2D eigenvalue weighted by molar-refractivity contribution is -0.141. The van der Waals surface area contributed by atoms with Gasteiger partial charge in [0.2, 0.25) is 17.6 Å². The number of hydrogen-bond donors (Lipinski definition) is 2. The molecule has 13 nitrogen and oxygen atoms in total. The van der Waals surface area contributed by atoms with E-state index in [2.05, 4.69) is 30.7 Å². The van der Waals surface area contributed by atoms with Gasteiger partial charge >= 0.3 is 18.4 Å². The minimum atomic E-state index is -4.77. The number of amides is 2. The molecule has 0 aliphatic carbocycles. The van der Waals surface area contributed by atoms with Crippen LogP contribution in [-0.2, 0) is 41.6 Å². The number of anilines is 2. The number of rotatable bonds is 9. The first-order valence-electron chi connectivity index (χ1n) is 15.6. The van der Waals surface area contributed by atoms with Crippen molar-refractivity contribution in [1.82, 2.24) is 20.1 Å². The third kappa shape index (κ3) is 9.51. The number of benzene rings is 2. The second kappa shape index (κ2) is 16.0. The summed E-state index contributed by atoms with van der Waals surface area (Å²) in [6.07, 6.45) is -8.49. The Bertz CT molecular complexity index is 2410. The zero-order chi connectivity index (χ0) is 41.9. The Labute approximate surface area is 320 Å². The average Bonchev–Trinajstić information content (AvgIpc) is 3.60. The summed E-state index contributed by atoms with van der Waals surface area (Å²) in [6.45, 7) is 4.58. The second-order valence-electron chi connectivity index (χ2n) is 12.5. The normalized spacial score (nSPS) is 12.6. The van der Waals surface area contributed by atoms with Crippen LogP contribution in [0.2, 0.25) is 5.02 Å². The lowest BCUT2D eigenvalue weighted by Gasteiger charge is -2.23. The fraction of sp³-hybridized carbons (Fsp3) is 0.235. The molecule has 0 aliphatic heterocycles. The van der Waals surface area contributed by atoms with Crippen molar-refractivity contribution in [3.63, 3.8) is 0 Å². The predicted molar refractivity (Wildman–Crippen MR) is 189 cm³/mol. The quantitative estimate of drug-likeness (QED) is 0.142.